The van der Waals surface area contributed by atoms with E-state index in [4.69, 9.17) is 9.47 Å². The Morgan fingerprint density at radius 2 is 1.62 bits per heavy atom. The fourth-order valence-corrected chi connectivity index (χ4v) is 4.60. The molecule has 0 atom stereocenters. The van der Waals surface area contributed by atoms with E-state index in [0.29, 0.717) is 36.9 Å². The lowest BCUT2D eigenvalue weighted by molar-refractivity contribution is -0.158. The molecule has 0 unspecified atom stereocenters. The predicted octanol–water partition coefficient (Wildman–Crippen LogP) is 6.06. The Hall–Kier alpha value is -3.82. The first-order valence-electron chi connectivity index (χ1n) is 14.7. The maximum absolute atomic E-state index is 14.5. The second-order valence-corrected chi connectivity index (χ2v) is 10.8. The van der Waals surface area contributed by atoms with E-state index in [0.717, 1.165) is 38.2 Å². The number of hydrogen-bond acceptors (Lipinski definition) is 6. The summed E-state index contributed by atoms with van der Waals surface area (Å²) in [5.41, 5.74) is -1.12. The van der Waals surface area contributed by atoms with Crippen molar-refractivity contribution in [3.63, 3.8) is 0 Å². The number of esters is 1. The number of benzene rings is 2. The minimum atomic E-state index is -1.52. The first-order valence-corrected chi connectivity index (χ1v) is 14.7. The molecule has 0 spiro atoms. The normalized spacial score (nSPS) is 11.5. The molecule has 3 rings (SSSR count). The summed E-state index contributed by atoms with van der Waals surface area (Å²) >= 11 is 0. The lowest BCUT2D eigenvalue weighted by Crippen LogP contribution is -2.42. The van der Waals surface area contributed by atoms with Crippen LogP contribution in [-0.2, 0) is 29.0 Å². The third-order valence-corrected chi connectivity index (χ3v) is 6.92. The van der Waals surface area contributed by atoms with Crippen LogP contribution in [0.2, 0.25) is 0 Å². The third-order valence-electron chi connectivity index (χ3n) is 6.92. The minimum Gasteiger partial charge on any atom is -0.473 e. The number of hydrogen-bond donors (Lipinski definition) is 0. The van der Waals surface area contributed by atoms with Gasteiger partial charge in [0.2, 0.25) is 5.82 Å². The number of carbonyl (C=O) groups is 1. The van der Waals surface area contributed by atoms with E-state index < -0.39 is 34.5 Å². The molecule has 3 aromatic rings. The number of carbonyl (C=O) groups excluding carboxylic acids is 1. The highest BCUT2D eigenvalue weighted by molar-refractivity contribution is 5.79. The number of ether oxygens (including phenoxy) is 2. The molecule has 0 amide bonds. The van der Waals surface area contributed by atoms with Gasteiger partial charge in [0.1, 0.15) is 0 Å². The average Bonchev–Trinajstić information content (AvgIpc) is 2.96. The Balaban J connectivity index is 1.76. The fraction of sp³-hybridized carbons (Fsp3) is 0.500. The standard InChI is InChI=1S/C32H41F2N3O5/c1-5-7-8-9-14-20-37-31(40)36(29(38)28(35-37)24-17-11-10-12-18-24)19-15-13-16-23-21-25(33)27(34)26(22-23)42-32(3,4)30(39)41-6-2/h10-12,17-18,21-22H,5-9,13-16,19-20H2,1-4H3. The van der Waals surface area contributed by atoms with Gasteiger partial charge < -0.3 is 9.47 Å². The van der Waals surface area contributed by atoms with Gasteiger partial charge in [0, 0.05) is 18.7 Å². The van der Waals surface area contributed by atoms with Gasteiger partial charge in [-0.15, -0.1) is 0 Å². The first kappa shape index (κ1) is 32.7. The second kappa shape index (κ2) is 15.4. The van der Waals surface area contributed by atoms with E-state index in [-0.39, 0.29) is 24.6 Å². The molecule has 0 fully saturated rings. The summed E-state index contributed by atoms with van der Waals surface area (Å²) in [6.07, 6.45) is 6.34. The van der Waals surface area contributed by atoms with E-state index >= 15 is 0 Å². The van der Waals surface area contributed by atoms with Gasteiger partial charge in [-0.3, -0.25) is 9.36 Å². The van der Waals surface area contributed by atoms with Crippen molar-refractivity contribution in [3.05, 3.63) is 80.5 Å². The van der Waals surface area contributed by atoms with Crippen LogP contribution in [0.5, 0.6) is 5.75 Å². The zero-order valence-corrected chi connectivity index (χ0v) is 25.0. The van der Waals surface area contributed by atoms with Crippen molar-refractivity contribution in [2.24, 2.45) is 0 Å². The van der Waals surface area contributed by atoms with Crippen LogP contribution in [-0.4, -0.2) is 32.5 Å². The van der Waals surface area contributed by atoms with Crippen molar-refractivity contribution in [2.75, 3.05) is 6.61 Å². The third kappa shape index (κ3) is 8.59. The first-order chi connectivity index (χ1) is 20.1. The summed E-state index contributed by atoms with van der Waals surface area (Å²) in [7, 11) is 0. The Labute approximate surface area is 245 Å². The molecule has 42 heavy (non-hydrogen) atoms. The van der Waals surface area contributed by atoms with E-state index in [1.165, 1.54) is 29.2 Å². The lowest BCUT2D eigenvalue weighted by Gasteiger charge is -2.24. The smallest absolute Gasteiger partial charge is 0.349 e. The highest BCUT2D eigenvalue weighted by Gasteiger charge is 2.33. The van der Waals surface area contributed by atoms with E-state index in [2.05, 4.69) is 12.0 Å². The molecule has 0 N–H and O–H groups in total. The zero-order chi connectivity index (χ0) is 30.7. The molecule has 228 valence electrons. The Morgan fingerprint density at radius 3 is 2.31 bits per heavy atom. The van der Waals surface area contributed by atoms with Gasteiger partial charge in [0.05, 0.1) is 6.61 Å². The van der Waals surface area contributed by atoms with Gasteiger partial charge in [-0.05, 0) is 64.2 Å². The Bertz CT molecular complexity index is 1450. The van der Waals surface area contributed by atoms with Crippen molar-refractivity contribution in [3.8, 4) is 17.0 Å². The summed E-state index contributed by atoms with van der Waals surface area (Å²) < 4.78 is 41.9. The molecule has 0 bridgehead atoms. The maximum Gasteiger partial charge on any atom is 0.349 e. The van der Waals surface area contributed by atoms with Gasteiger partial charge >= 0.3 is 11.7 Å². The largest absolute Gasteiger partial charge is 0.473 e. The van der Waals surface area contributed by atoms with Crippen LogP contribution in [0, 0.1) is 11.6 Å². The summed E-state index contributed by atoms with van der Waals surface area (Å²) in [6.45, 7) is 7.31. The van der Waals surface area contributed by atoms with Crippen molar-refractivity contribution >= 4 is 5.97 Å². The summed E-state index contributed by atoms with van der Waals surface area (Å²) in [5, 5.41) is 4.42. The SMILES string of the molecule is CCCCCCCn1nc(-c2ccccc2)c(=O)n(CCCCc2cc(F)c(F)c(OC(C)(C)C(=O)OCC)c2)c1=O. The highest BCUT2D eigenvalue weighted by Crippen LogP contribution is 2.27. The van der Waals surface area contributed by atoms with Gasteiger partial charge in [0.15, 0.2) is 22.9 Å². The van der Waals surface area contributed by atoms with Crippen LogP contribution in [0.1, 0.15) is 78.2 Å². The Morgan fingerprint density at radius 1 is 0.929 bits per heavy atom. The molecule has 0 aliphatic rings. The lowest BCUT2D eigenvalue weighted by atomic mass is 10.1. The van der Waals surface area contributed by atoms with E-state index in [9.17, 15) is 23.2 Å². The molecule has 2 aromatic carbocycles. The van der Waals surface area contributed by atoms with Crippen LogP contribution in [0.4, 0.5) is 8.78 Å². The van der Waals surface area contributed by atoms with Crippen molar-refractivity contribution in [1.29, 1.82) is 0 Å². The van der Waals surface area contributed by atoms with Gasteiger partial charge in [-0.25, -0.2) is 18.7 Å². The van der Waals surface area contributed by atoms with Gasteiger partial charge in [0.25, 0.3) is 5.56 Å². The quantitative estimate of drug-likeness (QED) is 0.150. The van der Waals surface area contributed by atoms with Crippen molar-refractivity contribution in [2.45, 2.75) is 97.8 Å². The molecule has 1 aromatic heterocycles. The van der Waals surface area contributed by atoms with Gasteiger partial charge in [-0.1, -0.05) is 62.9 Å². The molecule has 1 heterocycles. The molecule has 0 aliphatic carbocycles. The molecular formula is C32H41F2N3O5. The minimum absolute atomic E-state index is 0.125. The zero-order valence-electron chi connectivity index (χ0n) is 25.0. The number of aromatic nitrogens is 3. The van der Waals surface area contributed by atoms with Crippen LogP contribution in [0.25, 0.3) is 11.3 Å². The molecule has 10 heteroatoms. The Kier molecular flexibility index (Phi) is 12.0. The number of halogens is 2. The second-order valence-electron chi connectivity index (χ2n) is 10.8. The van der Waals surface area contributed by atoms with E-state index in [1.54, 1.807) is 19.1 Å². The predicted molar refractivity (Wildman–Crippen MR) is 158 cm³/mol. The van der Waals surface area contributed by atoms with Crippen LogP contribution < -0.4 is 16.0 Å². The van der Waals surface area contributed by atoms with Crippen molar-refractivity contribution < 1.29 is 23.0 Å². The fourth-order valence-electron chi connectivity index (χ4n) is 4.60. The topological polar surface area (TPSA) is 92.4 Å². The molecular weight excluding hydrogens is 544 g/mol. The molecule has 0 radical (unpaired) electrons. The van der Waals surface area contributed by atoms with Gasteiger partial charge in [-0.2, -0.15) is 9.49 Å². The average molecular weight is 586 g/mol. The molecule has 8 nitrogen and oxygen atoms in total. The molecule has 0 saturated heterocycles. The number of nitrogens with zero attached hydrogens (tertiary/aromatic N) is 3. The van der Waals surface area contributed by atoms with E-state index in [1.807, 2.05) is 18.2 Å². The number of unbranched alkanes of at least 4 members (excludes halogenated alkanes) is 5. The van der Waals surface area contributed by atoms with Crippen molar-refractivity contribution in [1.82, 2.24) is 14.3 Å². The van der Waals surface area contributed by atoms with Crippen LogP contribution in [0.3, 0.4) is 0 Å². The summed E-state index contributed by atoms with van der Waals surface area (Å²) in [5.74, 6) is -3.37. The monoisotopic (exact) mass is 585 g/mol. The molecule has 0 aliphatic heterocycles. The maximum atomic E-state index is 14.5. The summed E-state index contributed by atoms with van der Waals surface area (Å²) in [6, 6.07) is 11.5. The highest BCUT2D eigenvalue weighted by atomic mass is 19.2. The number of aryl methyl sites for hydroxylation is 2. The van der Waals surface area contributed by atoms with Crippen LogP contribution >= 0.6 is 0 Å². The molecule has 0 saturated carbocycles. The number of rotatable bonds is 16. The van der Waals surface area contributed by atoms with Crippen LogP contribution in [0.15, 0.2) is 52.1 Å². The summed E-state index contributed by atoms with van der Waals surface area (Å²) in [4.78, 5) is 38.7.